The molecule has 2 unspecified atom stereocenters. The first kappa shape index (κ1) is 17.4. The summed E-state index contributed by atoms with van der Waals surface area (Å²) in [6.45, 7) is 0.734. The van der Waals surface area contributed by atoms with E-state index in [4.69, 9.17) is 4.52 Å². The molecule has 2 aromatic heterocycles. The molecule has 138 valence electrons. The first-order valence-electron chi connectivity index (χ1n) is 8.96. The van der Waals surface area contributed by atoms with Gasteiger partial charge >= 0.3 is 0 Å². The zero-order chi connectivity index (χ0) is 18.6. The van der Waals surface area contributed by atoms with E-state index in [2.05, 4.69) is 25.3 Å². The predicted molar refractivity (Wildman–Crippen MR) is 99.0 cm³/mol. The van der Waals surface area contributed by atoms with Gasteiger partial charge in [0, 0.05) is 37.0 Å². The zero-order valence-electron chi connectivity index (χ0n) is 15.1. The van der Waals surface area contributed by atoms with Gasteiger partial charge in [-0.15, -0.1) is 0 Å². The van der Waals surface area contributed by atoms with Crippen LogP contribution in [-0.2, 0) is 6.42 Å². The molecule has 0 saturated carbocycles. The summed E-state index contributed by atoms with van der Waals surface area (Å²) in [4.78, 5) is 23.0. The lowest BCUT2D eigenvalue weighted by Crippen LogP contribution is -2.36. The van der Waals surface area contributed by atoms with Gasteiger partial charge in [-0.3, -0.25) is 14.7 Å². The smallest absolute Gasteiger partial charge is 0.251 e. The van der Waals surface area contributed by atoms with E-state index in [0.717, 1.165) is 18.5 Å². The van der Waals surface area contributed by atoms with Crippen LogP contribution in [0.3, 0.4) is 0 Å². The minimum atomic E-state index is -0.0910. The van der Waals surface area contributed by atoms with E-state index >= 15 is 0 Å². The third kappa shape index (κ3) is 4.03. The number of likely N-dealkylation sites (tertiary alicyclic amines) is 1. The van der Waals surface area contributed by atoms with Crippen molar-refractivity contribution in [1.82, 2.24) is 25.3 Å². The fraction of sp³-hybridized carbons (Fsp3) is 0.300. The van der Waals surface area contributed by atoms with Gasteiger partial charge in [-0.1, -0.05) is 35.5 Å². The van der Waals surface area contributed by atoms with Gasteiger partial charge in [0.2, 0.25) is 5.89 Å². The molecule has 3 heterocycles. The van der Waals surface area contributed by atoms with E-state index in [1.807, 2.05) is 37.4 Å². The normalized spacial score (nSPS) is 19.9. The van der Waals surface area contributed by atoms with Crippen molar-refractivity contribution in [3.05, 3.63) is 77.7 Å². The number of aromatic nitrogens is 3. The van der Waals surface area contributed by atoms with Crippen LogP contribution < -0.4 is 5.32 Å². The molecule has 1 fully saturated rings. The number of nitrogens with one attached hydrogen (secondary N) is 1. The van der Waals surface area contributed by atoms with E-state index in [9.17, 15) is 4.79 Å². The molecule has 0 spiro atoms. The van der Waals surface area contributed by atoms with Crippen LogP contribution in [0.25, 0.3) is 0 Å². The van der Waals surface area contributed by atoms with Gasteiger partial charge in [-0.2, -0.15) is 4.98 Å². The number of hydrogen-bond acceptors (Lipinski definition) is 6. The third-order valence-corrected chi connectivity index (χ3v) is 4.80. The van der Waals surface area contributed by atoms with Crippen molar-refractivity contribution in [2.24, 2.45) is 0 Å². The summed E-state index contributed by atoms with van der Waals surface area (Å²) in [6.07, 6.45) is 4.61. The molecule has 1 N–H and O–H groups in total. The standard InChI is InChI=1S/C20H21N5O2/c1-25-13-16(22-19(26)15-7-9-21-10-8-15)12-17(25)20-23-18(24-27-20)11-14-5-3-2-4-6-14/h2-10,16-17H,11-13H2,1H3,(H,22,26). The average Bonchev–Trinajstić information content (AvgIpc) is 3.29. The zero-order valence-corrected chi connectivity index (χ0v) is 15.1. The number of benzene rings is 1. The van der Waals surface area contributed by atoms with Crippen LogP contribution >= 0.6 is 0 Å². The van der Waals surface area contributed by atoms with E-state index < -0.39 is 0 Å². The Morgan fingerprint density at radius 3 is 2.78 bits per heavy atom. The van der Waals surface area contributed by atoms with Crippen molar-refractivity contribution >= 4 is 5.91 Å². The van der Waals surface area contributed by atoms with E-state index in [1.165, 1.54) is 0 Å². The summed E-state index contributed by atoms with van der Waals surface area (Å²) in [5.41, 5.74) is 1.76. The van der Waals surface area contributed by atoms with Gasteiger partial charge in [0.25, 0.3) is 5.91 Å². The summed E-state index contributed by atoms with van der Waals surface area (Å²) in [5.74, 6) is 1.18. The second-order valence-electron chi connectivity index (χ2n) is 6.81. The first-order chi connectivity index (χ1) is 13.2. The summed E-state index contributed by atoms with van der Waals surface area (Å²) in [6, 6.07) is 13.5. The minimum Gasteiger partial charge on any atom is -0.348 e. The molecular weight excluding hydrogens is 342 g/mol. The average molecular weight is 363 g/mol. The maximum absolute atomic E-state index is 12.3. The highest BCUT2D eigenvalue weighted by atomic mass is 16.5. The van der Waals surface area contributed by atoms with Crippen molar-refractivity contribution in [2.75, 3.05) is 13.6 Å². The Kier molecular flexibility index (Phi) is 4.93. The number of pyridine rings is 1. The number of carbonyl (C=O) groups is 1. The van der Waals surface area contributed by atoms with Crippen LogP contribution in [0.5, 0.6) is 0 Å². The molecule has 3 aromatic rings. The fourth-order valence-corrected chi connectivity index (χ4v) is 3.42. The highest BCUT2D eigenvalue weighted by Gasteiger charge is 2.35. The van der Waals surface area contributed by atoms with Crippen LogP contribution in [-0.4, -0.2) is 45.6 Å². The number of amides is 1. The third-order valence-electron chi connectivity index (χ3n) is 4.80. The van der Waals surface area contributed by atoms with Gasteiger partial charge in [-0.25, -0.2) is 0 Å². The Labute approximate surface area is 157 Å². The lowest BCUT2D eigenvalue weighted by atomic mass is 10.1. The van der Waals surface area contributed by atoms with Crippen molar-refractivity contribution < 1.29 is 9.32 Å². The SMILES string of the molecule is CN1CC(NC(=O)c2ccncc2)CC1c1nc(Cc2ccccc2)no1. The molecule has 4 rings (SSSR count). The van der Waals surface area contributed by atoms with Crippen LogP contribution in [0.15, 0.2) is 59.4 Å². The summed E-state index contributed by atoms with van der Waals surface area (Å²) < 4.78 is 5.51. The summed E-state index contributed by atoms with van der Waals surface area (Å²) in [5, 5.41) is 7.19. The van der Waals surface area contributed by atoms with Crippen LogP contribution in [0.1, 0.15) is 40.1 Å². The highest BCUT2D eigenvalue weighted by molar-refractivity contribution is 5.94. The van der Waals surface area contributed by atoms with Gasteiger partial charge < -0.3 is 9.84 Å². The van der Waals surface area contributed by atoms with Gasteiger partial charge in [0.1, 0.15) is 0 Å². The van der Waals surface area contributed by atoms with Gasteiger partial charge in [0.15, 0.2) is 5.82 Å². The molecule has 0 bridgehead atoms. The van der Waals surface area contributed by atoms with Crippen molar-refractivity contribution in [2.45, 2.75) is 24.9 Å². The largest absolute Gasteiger partial charge is 0.348 e. The molecule has 1 aliphatic heterocycles. The molecular formula is C20H21N5O2. The number of nitrogens with zero attached hydrogens (tertiary/aromatic N) is 4. The topological polar surface area (TPSA) is 84.2 Å². The molecule has 27 heavy (non-hydrogen) atoms. The van der Waals surface area contributed by atoms with E-state index in [-0.39, 0.29) is 18.0 Å². The Hall–Kier alpha value is -3.06. The Morgan fingerprint density at radius 1 is 1.22 bits per heavy atom. The molecule has 7 heteroatoms. The monoisotopic (exact) mass is 363 g/mol. The molecule has 1 aliphatic rings. The molecule has 1 aromatic carbocycles. The van der Waals surface area contributed by atoms with Crippen LogP contribution in [0.4, 0.5) is 0 Å². The van der Waals surface area contributed by atoms with Crippen molar-refractivity contribution in [3.63, 3.8) is 0 Å². The summed E-state index contributed by atoms with van der Waals surface area (Å²) >= 11 is 0. The lowest BCUT2D eigenvalue weighted by molar-refractivity contribution is 0.0938. The maximum atomic E-state index is 12.3. The van der Waals surface area contributed by atoms with Gasteiger partial charge in [0.05, 0.1) is 6.04 Å². The Morgan fingerprint density at radius 2 is 2.00 bits per heavy atom. The predicted octanol–water partition coefficient (Wildman–Crippen LogP) is 2.23. The Balaban J connectivity index is 1.39. The van der Waals surface area contributed by atoms with Crippen molar-refractivity contribution in [1.29, 1.82) is 0 Å². The minimum absolute atomic E-state index is 0.00441. The molecule has 7 nitrogen and oxygen atoms in total. The molecule has 1 saturated heterocycles. The molecule has 0 aliphatic carbocycles. The molecule has 0 radical (unpaired) electrons. The maximum Gasteiger partial charge on any atom is 0.251 e. The summed E-state index contributed by atoms with van der Waals surface area (Å²) in [7, 11) is 2.00. The number of carbonyl (C=O) groups excluding carboxylic acids is 1. The number of likely N-dealkylation sites (N-methyl/N-ethyl adjacent to an activating group) is 1. The number of hydrogen-bond donors (Lipinski definition) is 1. The molecule has 1 amide bonds. The van der Waals surface area contributed by atoms with Gasteiger partial charge in [-0.05, 0) is 31.2 Å². The fourth-order valence-electron chi connectivity index (χ4n) is 3.42. The number of rotatable bonds is 5. The van der Waals surface area contributed by atoms with E-state index in [0.29, 0.717) is 23.7 Å². The van der Waals surface area contributed by atoms with E-state index in [1.54, 1.807) is 24.5 Å². The Bertz CT molecular complexity index is 897. The highest BCUT2D eigenvalue weighted by Crippen LogP contribution is 2.30. The second-order valence-corrected chi connectivity index (χ2v) is 6.81. The second kappa shape index (κ2) is 7.67. The quantitative estimate of drug-likeness (QED) is 0.748. The lowest BCUT2D eigenvalue weighted by Gasteiger charge is -2.14. The van der Waals surface area contributed by atoms with Crippen LogP contribution in [0.2, 0.25) is 0 Å². The van der Waals surface area contributed by atoms with Crippen molar-refractivity contribution in [3.8, 4) is 0 Å². The molecule has 2 atom stereocenters. The first-order valence-corrected chi connectivity index (χ1v) is 8.96. The van der Waals surface area contributed by atoms with Crippen LogP contribution in [0, 0.1) is 0 Å².